The van der Waals surface area contributed by atoms with Crippen LogP contribution in [0.2, 0.25) is 5.02 Å². The lowest BCUT2D eigenvalue weighted by molar-refractivity contribution is -0.0498. The Bertz CT molecular complexity index is 606. The molecule has 0 aliphatic rings. The highest BCUT2D eigenvalue weighted by atomic mass is 79.9. The van der Waals surface area contributed by atoms with Gasteiger partial charge in [-0.05, 0) is 34.1 Å². The number of aromatic nitrogens is 2. The van der Waals surface area contributed by atoms with Crippen LogP contribution in [0.5, 0.6) is 5.75 Å². The second-order valence-electron chi connectivity index (χ2n) is 3.94. The highest BCUT2D eigenvalue weighted by Gasteiger charge is 2.15. The summed E-state index contributed by atoms with van der Waals surface area (Å²) in [6, 6.07) is 4.84. The summed E-state index contributed by atoms with van der Waals surface area (Å²) in [5.41, 5.74) is 1.27. The first-order valence-electron chi connectivity index (χ1n) is 5.62. The van der Waals surface area contributed by atoms with Gasteiger partial charge in [-0.15, -0.1) is 0 Å². The number of anilines is 1. The van der Waals surface area contributed by atoms with Crippen LogP contribution in [-0.4, -0.2) is 16.4 Å². The zero-order valence-corrected chi connectivity index (χ0v) is 12.8. The second-order valence-corrected chi connectivity index (χ2v) is 5.23. The van der Waals surface area contributed by atoms with E-state index in [9.17, 15) is 8.78 Å². The smallest absolute Gasteiger partial charge is 0.387 e. The van der Waals surface area contributed by atoms with Gasteiger partial charge in [0, 0.05) is 18.3 Å². The molecule has 0 saturated heterocycles. The summed E-state index contributed by atoms with van der Waals surface area (Å²) in [6.45, 7) is -2.51. The first kappa shape index (κ1) is 15.1. The number of nitrogens with one attached hydrogen (secondary N) is 1. The Morgan fingerprint density at radius 1 is 1.50 bits per heavy atom. The predicted octanol–water partition coefficient (Wildman–Crippen LogP) is 4.05. The maximum Gasteiger partial charge on any atom is 0.387 e. The molecule has 0 fully saturated rings. The van der Waals surface area contributed by atoms with Crippen LogP contribution in [0.4, 0.5) is 14.5 Å². The Kier molecular flexibility index (Phi) is 4.82. The molecule has 0 aliphatic heterocycles. The highest BCUT2D eigenvalue weighted by Crippen LogP contribution is 2.37. The number of ether oxygens (including phenoxy) is 1. The van der Waals surface area contributed by atoms with Crippen molar-refractivity contribution in [3.63, 3.8) is 0 Å². The lowest BCUT2D eigenvalue weighted by Crippen LogP contribution is -2.09. The standard InChI is InChI=1S/C12H11BrClF2N3O/c1-19-8(2-3-18-19)6-17-10-5-7(14)4-9(13)11(10)20-12(15)16/h2-5,12,17H,6H2,1H3. The van der Waals surface area contributed by atoms with Crippen LogP contribution in [0.15, 0.2) is 28.9 Å². The molecule has 0 saturated carbocycles. The van der Waals surface area contributed by atoms with Crippen LogP contribution in [0.3, 0.4) is 0 Å². The number of hydrogen-bond donors (Lipinski definition) is 1. The van der Waals surface area contributed by atoms with Crippen molar-refractivity contribution in [1.82, 2.24) is 9.78 Å². The van der Waals surface area contributed by atoms with E-state index in [1.165, 1.54) is 12.1 Å². The van der Waals surface area contributed by atoms with Crippen molar-refractivity contribution in [2.75, 3.05) is 5.32 Å². The van der Waals surface area contributed by atoms with Gasteiger partial charge < -0.3 is 10.1 Å². The molecule has 0 amide bonds. The van der Waals surface area contributed by atoms with Gasteiger partial charge in [0.2, 0.25) is 0 Å². The summed E-state index contributed by atoms with van der Waals surface area (Å²) in [5.74, 6) is 0.0200. The Labute approximate surface area is 127 Å². The fourth-order valence-electron chi connectivity index (χ4n) is 1.66. The minimum absolute atomic E-state index is 0.0200. The molecule has 0 atom stereocenters. The fourth-order valence-corrected chi connectivity index (χ4v) is 2.56. The Balaban J connectivity index is 2.23. The molecular weight excluding hydrogens is 356 g/mol. The summed E-state index contributed by atoms with van der Waals surface area (Å²) < 4.78 is 31.4. The molecule has 2 aromatic rings. The van der Waals surface area contributed by atoms with Gasteiger partial charge in [-0.2, -0.15) is 13.9 Å². The van der Waals surface area contributed by atoms with Crippen molar-refractivity contribution in [3.8, 4) is 5.75 Å². The third-order valence-electron chi connectivity index (χ3n) is 2.60. The van der Waals surface area contributed by atoms with E-state index >= 15 is 0 Å². The van der Waals surface area contributed by atoms with E-state index in [0.717, 1.165) is 5.69 Å². The van der Waals surface area contributed by atoms with Gasteiger partial charge in [-0.3, -0.25) is 4.68 Å². The van der Waals surface area contributed by atoms with Gasteiger partial charge in [-0.25, -0.2) is 0 Å². The zero-order chi connectivity index (χ0) is 14.7. The summed E-state index contributed by atoms with van der Waals surface area (Å²) in [5, 5.41) is 7.44. The quantitative estimate of drug-likeness (QED) is 0.868. The van der Waals surface area contributed by atoms with Crippen LogP contribution >= 0.6 is 27.5 Å². The Hall–Kier alpha value is -1.34. The van der Waals surface area contributed by atoms with Crippen LogP contribution in [0, 0.1) is 0 Å². The topological polar surface area (TPSA) is 39.1 Å². The van der Waals surface area contributed by atoms with Gasteiger partial charge in [0.25, 0.3) is 0 Å². The van der Waals surface area contributed by atoms with E-state index in [0.29, 0.717) is 21.7 Å². The molecule has 0 aliphatic carbocycles. The molecule has 0 bridgehead atoms. The third-order valence-corrected chi connectivity index (χ3v) is 3.40. The van der Waals surface area contributed by atoms with Gasteiger partial charge >= 0.3 is 6.61 Å². The number of hydrogen-bond acceptors (Lipinski definition) is 3. The lowest BCUT2D eigenvalue weighted by Gasteiger charge is -2.15. The summed E-state index contributed by atoms with van der Waals surface area (Å²) in [6.07, 6.45) is 1.65. The number of nitrogens with zero attached hydrogens (tertiary/aromatic N) is 2. The predicted molar refractivity (Wildman–Crippen MR) is 76.3 cm³/mol. The van der Waals surface area contributed by atoms with E-state index in [2.05, 4.69) is 31.1 Å². The van der Waals surface area contributed by atoms with Crippen LogP contribution in [0.25, 0.3) is 0 Å². The maximum atomic E-state index is 12.4. The molecule has 0 unspecified atom stereocenters. The number of benzene rings is 1. The lowest BCUT2D eigenvalue weighted by atomic mass is 10.3. The van der Waals surface area contributed by atoms with Crippen LogP contribution in [0.1, 0.15) is 5.69 Å². The maximum absolute atomic E-state index is 12.4. The molecule has 1 heterocycles. The zero-order valence-electron chi connectivity index (χ0n) is 10.4. The second kappa shape index (κ2) is 6.41. The minimum Gasteiger partial charge on any atom is -0.431 e. The third kappa shape index (κ3) is 3.61. The molecule has 1 aromatic carbocycles. The van der Waals surface area contributed by atoms with E-state index < -0.39 is 6.61 Å². The van der Waals surface area contributed by atoms with Crippen molar-refractivity contribution in [2.24, 2.45) is 7.05 Å². The molecule has 0 spiro atoms. The van der Waals surface area contributed by atoms with Crippen molar-refractivity contribution in [1.29, 1.82) is 0 Å². The highest BCUT2D eigenvalue weighted by molar-refractivity contribution is 9.10. The van der Waals surface area contributed by atoms with Gasteiger partial charge in [-0.1, -0.05) is 11.6 Å². The van der Waals surface area contributed by atoms with Crippen molar-refractivity contribution >= 4 is 33.2 Å². The molecule has 4 nitrogen and oxygen atoms in total. The Morgan fingerprint density at radius 3 is 2.85 bits per heavy atom. The van der Waals surface area contributed by atoms with Crippen molar-refractivity contribution in [3.05, 3.63) is 39.6 Å². The monoisotopic (exact) mass is 365 g/mol. The van der Waals surface area contributed by atoms with E-state index in [1.54, 1.807) is 17.9 Å². The normalized spacial score (nSPS) is 10.9. The van der Waals surface area contributed by atoms with E-state index in [4.69, 9.17) is 11.6 Å². The van der Waals surface area contributed by atoms with Gasteiger partial charge in [0.1, 0.15) is 0 Å². The first-order chi connectivity index (χ1) is 9.47. The first-order valence-corrected chi connectivity index (χ1v) is 6.79. The largest absolute Gasteiger partial charge is 0.431 e. The van der Waals surface area contributed by atoms with Crippen molar-refractivity contribution in [2.45, 2.75) is 13.2 Å². The molecule has 20 heavy (non-hydrogen) atoms. The van der Waals surface area contributed by atoms with Crippen LogP contribution < -0.4 is 10.1 Å². The van der Waals surface area contributed by atoms with E-state index in [1.807, 2.05) is 6.07 Å². The number of aryl methyl sites for hydroxylation is 1. The van der Waals surface area contributed by atoms with Crippen LogP contribution in [-0.2, 0) is 13.6 Å². The number of alkyl halides is 2. The minimum atomic E-state index is -2.91. The SMILES string of the molecule is Cn1nccc1CNc1cc(Cl)cc(Br)c1OC(F)F. The average Bonchev–Trinajstić information content (AvgIpc) is 2.76. The summed E-state index contributed by atoms with van der Waals surface area (Å²) in [4.78, 5) is 0. The van der Waals surface area contributed by atoms with Crippen molar-refractivity contribution < 1.29 is 13.5 Å². The number of halogens is 4. The Morgan fingerprint density at radius 2 is 2.25 bits per heavy atom. The van der Waals surface area contributed by atoms with Gasteiger partial charge in [0.15, 0.2) is 5.75 Å². The molecule has 1 N–H and O–H groups in total. The molecule has 0 radical (unpaired) electrons. The molecule has 1 aromatic heterocycles. The van der Waals surface area contributed by atoms with E-state index in [-0.39, 0.29) is 5.75 Å². The molecule has 108 valence electrons. The summed E-state index contributed by atoms with van der Waals surface area (Å²) in [7, 11) is 1.79. The molecule has 2 rings (SSSR count). The molecular formula is C12H11BrClF2N3O. The average molecular weight is 367 g/mol. The summed E-state index contributed by atoms with van der Waals surface area (Å²) >= 11 is 9.08. The number of rotatable bonds is 5. The molecule has 8 heteroatoms. The van der Waals surface area contributed by atoms with Gasteiger partial charge in [0.05, 0.1) is 22.4 Å². The fraction of sp³-hybridized carbons (Fsp3) is 0.250.